The molecule has 1 aliphatic heterocycles. The van der Waals surface area contributed by atoms with Gasteiger partial charge in [0.25, 0.3) is 0 Å². The Balaban J connectivity index is 2.14. The number of hydrogen-bond acceptors (Lipinski definition) is 1. The molecule has 0 N–H and O–H groups in total. The summed E-state index contributed by atoms with van der Waals surface area (Å²) in [6.45, 7) is 4.69. The second-order valence-corrected chi connectivity index (χ2v) is 4.42. The Morgan fingerprint density at radius 2 is 1.93 bits per heavy atom. The third kappa shape index (κ3) is 3.32. The normalized spacial score (nSPS) is 16.9. The van der Waals surface area contributed by atoms with Crippen molar-refractivity contribution in [2.75, 3.05) is 27.2 Å². The number of amidine groups is 1. The highest BCUT2D eigenvalue weighted by molar-refractivity contribution is 5.78. The van der Waals surface area contributed by atoms with Crippen LogP contribution in [0.15, 0.2) is 0 Å². The molecule has 0 saturated carbocycles. The van der Waals surface area contributed by atoms with Crippen LogP contribution in [0.2, 0.25) is 0 Å². The first-order chi connectivity index (χ1) is 6.75. The van der Waals surface area contributed by atoms with Gasteiger partial charge in [-0.2, -0.15) is 0 Å². The lowest BCUT2D eigenvalue weighted by molar-refractivity contribution is -0.487. The lowest BCUT2D eigenvalue weighted by atomic mass is 10.1. The van der Waals surface area contributed by atoms with E-state index in [1.54, 1.807) is 5.84 Å². The summed E-state index contributed by atoms with van der Waals surface area (Å²) < 4.78 is 2.40. The van der Waals surface area contributed by atoms with Crippen molar-refractivity contribution in [2.45, 2.75) is 45.4 Å². The first kappa shape index (κ1) is 11.5. The van der Waals surface area contributed by atoms with E-state index in [1.165, 1.54) is 51.6 Å². The molecule has 0 aliphatic carbocycles. The summed E-state index contributed by atoms with van der Waals surface area (Å²) in [5.74, 6) is 1.54. The van der Waals surface area contributed by atoms with Gasteiger partial charge in [0, 0.05) is 6.42 Å². The molecule has 0 aromatic carbocycles. The Labute approximate surface area is 88.6 Å². The molecule has 1 aliphatic rings. The molecule has 1 rings (SSSR count). The number of unbranched alkanes of at least 4 members (excludes halogenated alkanes) is 4. The van der Waals surface area contributed by atoms with Crippen molar-refractivity contribution < 1.29 is 4.58 Å². The Bertz CT molecular complexity index is 196. The van der Waals surface area contributed by atoms with Crippen LogP contribution < -0.4 is 0 Å². The van der Waals surface area contributed by atoms with Gasteiger partial charge in [0.05, 0.1) is 14.1 Å². The lowest BCUT2D eigenvalue weighted by Gasteiger charge is -2.06. The zero-order valence-corrected chi connectivity index (χ0v) is 10.1. The van der Waals surface area contributed by atoms with Gasteiger partial charge in [-0.25, -0.2) is 0 Å². The Hall–Kier alpha value is -0.530. The van der Waals surface area contributed by atoms with Crippen molar-refractivity contribution in [3.05, 3.63) is 0 Å². The van der Waals surface area contributed by atoms with Gasteiger partial charge in [-0.1, -0.05) is 32.6 Å². The molecule has 0 fully saturated rings. The van der Waals surface area contributed by atoms with Gasteiger partial charge in [0.15, 0.2) is 0 Å². The van der Waals surface area contributed by atoms with E-state index in [2.05, 4.69) is 30.5 Å². The highest BCUT2D eigenvalue weighted by Crippen LogP contribution is 2.09. The molecule has 82 valence electrons. The fraction of sp³-hybridized carbons (Fsp3) is 0.917. The fourth-order valence-electron chi connectivity index (χ4n) is 2.12. The monoisotopic (exact) mass is 197 g/mol. The molecule has 0 radical (unpaired) electrons. The second kappa shape index (κ2) is 6.05. The van der Waals surface area contributed by atoms with Crippen LogP contribution in [-0.4, -0.2) is 42.5 Å². The number of rotatable bonds is 6. The molecule has 14 heavy (non-hydrogen) atoms. The summed E-state index contributed by atoms with van der Waals surface area (Å²) >= 11 is 0. The lowest BCUT2D eigenvalue weighted by Crippen LogP contribution is -2.24. The van der Waals surface area contributed by atoms with Gasteiger partial charge in [0.2, 0.25) is 5.84 Å². The van der Waals surface area contributed by atoms with Crippen molar-refractivity contribution in [2.24, 2.45) is 0 Å². The van der Waals surface area contributed by atoms with Gasteiger partial charge in [0.1, 0.15) is 13.1 Å². The van der Waals surface area contributed by atoms with Gasteiger partial charge in [-0.3, -0.25) is 9.48 Å². The highest BCUT2D eigenvalue weighted by atomic mass is 15.3. The van der Waals surface area contributed by atoms with Crippen LogP contribution in [0.4, 0.5) is 0 Å². The molecule has 0 spiro atoms. The first-order valence-electron chi connectivity index (χ1n) is 6.03. The molecule has 0 bridgehead atoms. The topological polar surface area (TPSA) is 6.25 Å². The highest BCUT2D eigenvalue weighted by Gasteiger charge is 2.23. The molecule has 0 atom stereocenters. The van der Waals surface area contributed by atoms with E-state index >= 15 is 0 Å². The molecular weight excluding hydrogens is 172 g/mol. The van der Waals surface area contributed by atoms with Crippen molar-refractivity contribution in [3.63, 3.8) is 0 Å². The third-order valence-electron chi connectivity index (χ3n) is 3.16. The standard InChI is InChI=1S/C12H25N2/c1-4-5-6-7-8-9-12-13(2)10-11-14(12)3/h4-11H2,1-3H3/q+1. The molecule has 0 amide bonds. The van der Waals surface area contributed by atoms with E-state index in [-0.39, 0.29) is 0 Å². The maximum absolute atomic E-state index is 2.40. The zero-order valence-electron chi connectivity index (χ0n) is 10.1. The Morgan fingerprint density at radius 1 is 1.21 bits per heavy atom. The predicted molar refractivity (Wildman–Crippen MR) is 62.1 cm³/mol. The van der Waals surface area contributed by atoms with Crippen molar-refractivity contribution in [1.29, 1.82) is 0 Å². The van der Waals surface area contributed by atoms with E-state index in [1.807, 2.05) is 0 Å². The molecule has 2 heteroatoms. The van der Waals surface area contributed by atoms with Crippen LogP contribution in [0.25, 0.3) is 0 Å². The van der Waals surface area contributed by atoms with Gasteiger partial charge >= 0.3 is 0 Å². The van der Waals surface area contributed by atoms with E-state index in [0.717, 1.165) is 0 Å². The SMILES string of the molecule is CCCCCCCC1=[N+](C)CCN1C. The van der Waals surface area contributed by atoms with Gasteiger partial charge in [-0.05, 0) is 6.42 Å². The maximum atomic E-state index is 2.40. The van der Waals surface area contributed by atoms with Crippen molar-refractivity contribution in [1.82, 2.24) is 4.90 Å². The average molecular weight is 197 g/mol. The first-order valence-corrected chi connectivity index (χ1v) is 6.03. The average Bonchev–Trinajstić information content (AvgIpc) is 2.48. The fourth-order valence-corrected chi connectivity index (χ4v) is 2.12. The Morgan fingerprint density at radius 3 is 2.50 bits per heavy atom. The van der Waals surface area contributed by atoms with Crippen LogP contribution >= 0.6 is 0 Å². The molecule has 0 saturated heterocycles. The maximum Gasteiger partial charge on any atom is 0.246 e. The van der Waals surface area contributed by atoms with Crippen molar-refractivity contribution in [3.8, 4) is 0 Å². The third-order valence-corrected chi connectivity index (χ3v) is 3.16. The predicted octanol–water partition coefficient (Wildman–Crippen LogP) is 2.33. The molecule has 0 unspecified atom stereocenters. The zero-order chi connectivity index (χ0) is 10.4. The number of hydrogen-bond donors (Lipinski definition) is 0. The molecular formula is C12H25N2+. The van der Waals surface area contributed by atoms with Crippen molar-refractivity contribution >= 4 is 5.84 Å². The van der Waals surface area contributed by atoms with Crippen LogP contribution in [0.3, 0.4) is 0 Å². The number of likely N-dealkylation sites (N-methyl/N-ethyl adjacent to an activating group) is 2. The number of nitrogens with zero attached hydrogens (tertiary/aromatic N) is 2. The largest absolute Gasteiger partial charge is 0.264 e. The van der Waals surface area contributed by atoms with Crippen LogP contribution in [0, 0.1) is 0 Å². The van der Waals surface area contributed by atoms with Crippen LogP contribution in [0.5, 0.6) is 0 Å². The van der Waals surface area contributed by atoms with Gasteiger partial charge < -0.3 is 0 Å². The van der Waals surface area contributed by atoms with E-state index in [4.69, 9.17) is 0 Å². The summed E-state index contributed by atoms with van der Waals surface area (Å²) in [6, 6.07) is 0. The minimum absolute atomic E-state index is 1.21. The van der Waals surface area contributed by atoms with Gasteiger partial charge in [-0.15, -0.1) is 0 Å². The minimum Gasteiger partial charge on any atom is -0.264 e. The molecule has 0 aromatic heterocycles. The summed E-state index contributed by atoms with van der Waals surface area (Å²) in [7, 11) is 4.43. The quantitative estimate of drug-likeness (QED) is 0.468. The minimum atomic E-state index is 1.21. The second-order valence-electron chi connectivity index (χ2n) is 4.42. The summed E-state index contributed by atoms with van der Waals surface area (Å²) in [5, 5.41) is 0. The summed E-state index contributed by atoms with van der Waals surface area (Å²) in [5.41, 5.74) is 0. The molecule has 1 heterocycles. The van der Waals surface area contributed by atoms with Crippen LogP contribution in [0.1, 0.15) is 45.4 Å². The van der Waals surface area contributed by atoms with E-state index in [0.29, 0.717) is 0 Å². The summed E-state index contributed by atoms with van der Waals surface area (Å²) in [6.07, 6.45) is 8.20. The van der Waals surface area contributed by atoms with Crippen LogP contribution in [-0.2, 0) is 0 Å². The van der Waals surface area contributed by atoms with E-state index in [9.17, 15) is 0 Å². The Kier molecular flexibility index (Phi) is 4.99. The van der Waals surface area contributed by atoms with E-state index < -0.39 is 0 Å². The smallest absolute Gasteiger partial charge is 0.246 e. The molecule has 2 nitrogen and oxygen atoms in total. The molecule has 0 aromatic rings. The summed E-state index contributed by atoms with van der Waals surface area (Å²) in [4.78, 5) is 2.40.